The third kappa shape index (κ3) is 11.7. The molecule has 0 atom stereocenters. The second-order valence-electron chi connectivity index (χ2n) is 37.3. The van der Waals surface area contributed by atoms with Crippen LogP contribution < -0.4 is 61.1 Å². The lowest BCUT2D eigenvalue weighted by molar-refractivity contribution is 1.18. The van der Waals surface area contributed by atoms with Gasteiger partial charge in [-0.15, -0.1) is 22.7 Å². The molecule has 0 radical (unpaired) electrons. The van der Waals surface area contributed by atoms with E-state index in [1.807, 2.05) is 94.5 Å². The number of benzene rings is 20. The molecule has 6 aromatic heterocycles. The Balaban J connectivity index is 0.000000139. The van der Waals surface area contributed by atoms with Gasteiger partial charge in [0.05, 0.1) is 68.2 Å². The van der Waals surface area contributed by atoms with Crippen LogP contribution in [-0.4, -0.2) is 36.1 Å². The highest BCUT2D eigenvalue weighted by atomic mass is 32.2. The summed E-state index contributed by atoms with van der Waals surface area (Å²) in [5.74, 6) is 0. The van der Waals surface area contributed by atoms with Crippen LogP contribution in [0.1, 0.15) is 0 Å². The summed E-state index contributed by atoms with van der Waals surface area (Å²) in [5, 5.41) is 30.6. The molecule has 26 aromatic rings. The van der Waals surface area contributed by atoms with Crippen molar-refractivity contribution >= 4 is 301 Å². The minimum absolute atomic E-state index is 1.14. The van der Waals surface area contributed by atoms with Gasteiger partial charge in [-0.2, -0.15) is 0 Å². The number of para-hydroxylation sites is 4. The zero-order valence-electron chi connectivity index (χ0n) is 75.8. The monoisotopic (exact) mass is 1950 g/mol. The van der Waals surface area contributed by atoms with E-state index in [4.69, 9.17) is 19.9 Å². The predicted molar refractivity (Wildman–Crippen MR) is 607 cm³/mol. The van der Waals surface area contributed by atoms with Crippen molar-refractivity contribution < 1.29 is 0 Å². The second kappa shape index (κ2) is 31.4. The van der Waals surface area contributed by atoms with Crippen LogP contribution in [0.15, 0.2) is 489 Å². The Labute approximate surface area is 844 Å². The second-order valence-corrected chi connectivity index (χ2v) is 51.3. The lowest BCUT2D eigenvalue weighted by atomic mass is 9.91. The third-order valence-corrected chi connectivity index (χ3v) is 46.5. The first-order valence-electron chi connectivity index (χ1n) is 47.9. The summed E-state index contributed by atoms with van der Waals surface area (Å²) in [4.78, 5) is 39.5. The largest absolute Gasteiger partial charge is 0.308 e. The Bertz CT molecular complexity index is 9270. The van der Waals surface area contributed by atoms with E-state index in [0.29, 0.717) is 0 Å². The number of anilines is 12. The number of nitrogens with zero attached hydrogens (tertiary/aromatic N) is 8. The summed E-state index contributed by atoms with van der Waals surface area (Å²) in [5.41, 5.74) is 19.4. The number of fused-ring (bicyclic) bond motifs is 25. The molecule has 662 valence electrons. The summed E-state index contributed by atoms with van der Waals surface area (Å²) in [6, 6.07) is 151. The van der Waals surface area contributed by atoms with Gasteiger partial charge in [0.15, 0.2) is 16.1 Å². The maximum Gasteiger partial charge on any atom is 0.184 e. The number of pyridine rings is 4. The van der Waals surface area contributed by atoms with Gasteiger partial charge in [-0.05, 0) is 265 Å². The van der Waals surface area contributed by atoms with Crippen LogP contribution in [0.25, 0.3) is 127 Å². The first kappa shape index (κ1) is 81.2. The van der Waals surface area contributed by atoms with Crippen LogP contribution in [0.3, 0.4) is 0 Å². The summed E-state index contributed by atoms with van der Waals surface area (Å²) in [6.07, 6.45) is 16.0. The Hall–Kier alpha value is -15.7. The Morgan fingerprint density at radius 2 is 0.493 bits per heavy atom. The first-order chi connectivity index (χ1) is 70.4. The van der Waals surface area contributed by atoms with Crippen LogP contribution in [0.4, 0.5) is 68.2 Å². The quantitative estimate of drug-likeness (QED) is 0.108. The maximum atomic E-state index is 4.81. The van der Waals surface area contributed by atoms with E-state index >= 15 is 0 Å². The fourth-order valence-corrected chi connectivity index (χ4v) is 41.0. The van der Waals surface area contributed by atoms with E-state index < -0.39 is 16.1 Å². The smallest absolute Gasteiger partial charge is 0.184 e. The molecule has 12 heterocycles. The molecule has 0 saturated carbocycles. The summed E-state index contributed by atoms with van der Waals surface area (Å²) >= 11 is 11.3. The molecule has 0 aliphatic carbocycles. The molecule has 6 aliphatic heterocycles. The van der Waals surface area contributed by atoms with Gasteiger partial charge in [-0.25, -0.2) is 0 Å². The van der Waals surface area contributed by atoms with Gasteiger partial charge >= 0.3 is 0 Å². The van der Waals surface area contributed by atoms with Crippen LogP contribution in [0.5, 0.6) is 0 Å². The number of rotatable bonds is 8. The Morgan fingerprint density at radius 3 is 0.873 bits per heavy atom. The maximum absolute atomic E-state index is 4.81. The molecule has 0 spiro atoms. The minimum atomic E-state index is -2.95. The molecule has 0 amide bonds. The number of hydrogen-bond acceptors (Lipinski definition) is 14. The molecule has 8 nitrogen and oxygen atoms in total. The van der Waals surface area contributed by atoms with E-state index in [9.17, 15) is 0 Å². The van der Waals surface area contributed by atoms with E-state index in [0.717, 1.165) is 22.7 Å². The third-order valence-electron chi connectivity index (χ3n) is 30.2. The van der Waals surface area contributed by atoms with Crippen LogP contribution in [0.2, 0.25) is 0 Å². The Kier molecular flexibility index (Phi) is 17.9. The highest BCUT2D eigenvalue weighted by Gasteiger charge is 2.53. The molecule has 142 heavy (non-hydrogen) atoms. The predicted octanol–water partition coefficient (Wildman–Crippen LogP) is 30.5. The topological polar surface area (TPSA) is 64.5 Å². The normalized spacial score (nSPS) is 14.1. The van der Waals surface area contributed by atoms with Crippen LogP contribution >= 0.6 is 69.7 Å². The van der Waals surface area contributed by atoms with Crippen molar-refractivity contribution in [3.8, 4) is 22.3 Å². The van der Waals surface area contributed by atoms with Gasteiger partial charge in [0.1, 0.15) is 0 Å². The number of aromatic nitrogens is 4. The molecule has 6 aliphatic rings. The minimum Gasteiger partial charge on any atom is -0.308 e. The van der Waals surface area contributed by atoms with Gasteiger partial charge in [-0.1, -0.05) is 290 Å². The van der Waals surface area contributed by atoms with Gasteiger partial charge in [-0.3, -0.25) is 19.9 Å². The van der Waals surface area contributed by atoms with Crippen LogP contribution in [0, 0.1) is 0 Å². The summed E-state index contributed by atoms with van der Waals surface area (Å²) in [7, 11) is -5.90. The lowest BCUT2D eigenvalue weighted by Crippen LogP contribution is -2.73. The molecule has 0 fully saturated rings. The van der Waals surface area contributed by atoms with Gasteiger partial charge in [0.2, 0.25) is 0 Å². The summed E-state index contributed by atoms with van der Waals surface area (Å²) < 4.78 is 5.30. The standard InChI is InChI=1S/C74H46N6S2Si2.C52H28N2S4/c1-3-23-53-51(21-1)57-37-64(80-62-28-8-10-30-68(62)82-70-40-60-56-26-6-12-32-72(56)84(74(60)42-66(70)80,49-19-15-35-77-45-49)50-20-16-36-78-46-50)54-24-4-2-22-52(54)58(57)38-63(53)79-61-27-7-9-29-67(61)81-69-39-59-55-25-5-11-31-71(55)83(73(59)41-65(69)79,47-17-13-33-75-43-47)48-18-14-34-76-44-48;1-5-13-43-31(9-1)35-25-49-41(27-47(35)55-43)53(39-11-3-7-15-45(39)57-49)37-23-19-29-18-22-34-38(24-20-30-17-21-33(37)51(29)52(30)34)54-40-12-4-8-16-46(40)58-50-26-36-32-10-2-6-14-44(32)56-48(36)28-42(50)54/h1-46H;1-28H. The molecule has 0 N–H and O–H groups in total. The van der Waals surface area contributed by atoms with Crippen molar-refractivity contribution in [3.05, 3.63) is 450 Å². The van der Waals surface area contributed by atoms with Gasteiger partial charge in [0, 0.05) is 151 Å². The SMILES string of the molecule is c1ccc2c(c1)Sc1cc3c(cc1N2c1ccc2ccc4c(N5c6ccccc6Sc6cc7c(cc65)sc5ccccc57)ccc5ccc1c2c54)sc1ccccc13.c1cncc([Si]2(c3cccnc3)c3ccccc3-c3cc4c(cc32)N(c2cc3c5ccccc5c(N5c6ccccc6Sc6cc7c(cc65)[Si](c5cccnc5)(c5cccnc5)c5ccccc5-7)cc3c3ccccc23)c2ccccc2S4)c1. The molecule has 0 saturated heterocycles. The van der Waals surface area contributed by atoms with Crippen LogP contribution in [-0.2, 0) is 0 Å². The number of thiophene rings is 2. The van der Waals surface area contributed by atoms with Crippen molar-refractivity contribution in [2.24, 2.45) is 0 Å². The zero-order valence-corrected chi connectivity index (χ0v) is 82.7. The van der Waals surface area contributed by atoms with Crippen molar-refractivity contribution in [1.82, 2.24) is 19.9 Å². The molecule has 0 unspecified atom stereocenters. The van der Waals surface area contributed by atoms with Gasteiger partial charge < -0.3 is 19.6 Å². The average molecular weight is 1950 g/mol. The van der Waals surface area contributed by atoms with E-state index in [1.54, 1.807) is 0 Å². The molecule has 32 rings (SSSR count). The summed E-state index contributed by atoms with van der Waals surface area (Å²) in [6.45, 7) is 0. The molecular weight excluding hydrogens is 1870 g/mol. The molecule has 20 aromatic carbocycles. The highest BCUT2D eigenvalue weighted by Crippen LogP contribution is 2.62. The molecule has 0 bridgehead atoms. The molecular formula is C126H74N8S6Si2. The van der Waals surface area contributed by atoms with Gasteiger partial charge in [0.25, 0.3) is 0 Å². The zero-order chi connectivity index (χ0) is 92.7. The average Bonchev–Trinajstić information content (AvgIpc) is 1.54. The first-order valence-corrected chi connectivity index (χ1v) is 56.8. The van der Waals surface area contributed by atoms with Crippen molar-refractivity contribution in [2.75, 3.05) is 19.6 Å². The van der Waals surface area contributed by atoms with E-state index in [1.165, 1.54) is 253 Å². The lowest BCUT2D eigenvalue weighted by Gasteiger charge is -2.37. The van der Waals surface area contributed by atoms with E-state index in [2.05, 4.69) is 445 Å². The van der Waals surface area contributed by atoms with Crippen molar-refractivity contribution in [2.45, 2.75) is 39.2 Å². The number of hydrogen-bond donors (Lipinski definition) is 0. The van der Waals surface area contributed by atoms with E-state index in [-0.39, 0.29) is 0 Å². The highest BCUT2D eigenvalue weighted by molar-refractivity contribution is 8.00. The Morgan fingerprint density at radius 1 is 0.176 bits per heavy atom. The van der Waals surface area contributed by atoms with Crippen molar-refractivity contribution in [3.63, 3.8) is 0 Å². The fourth-order valence-electron chi connectivity index (χ4n) is 24.4. The molecule has 16 heteroatoms. The fraction of sp³-hybridized carbons (Fsp3) is 0. The van der Waals surface area contributed by atoms with Crippen molar-refractivity contribution in [1.29, 1.82) is 0 Å².